The third kappa shape index (κ3) is 1.88. The highest BCUT2D eigenvalue weighted by Gasteiger charge is 2.22. The standard InChI is InChI=1S/C11H15NOS/c12-5-1-2-8-7-14-11-4-3-9(13)6-10(8)11/h3-4,6,8,13H,1-2,5,7,12H2. The highest BCUT2D eigenvalue weighted by Crippen LogP contribution is 2.42. The smallest absolute Gasteiger partial charge is 0.115 e. The Morgan fingerprint density at radius 2 is 2.36 bits per heavy atom. The second kappa shape index (κ2) is 4.24. The van der Waals surface area contributed by atoms with Crippen molar-refractivity contribution in [3.8, 4) is 5.75 Å². The fourth-order valence-corrected chi connectivity index (χ4v) is 3.15. The number of fused-ring (bicyclic) bond motifs is 1. The lowest BCUT2D eigenvalue weighted by atomic mass is 9.96. The topological polar surface area (TPSA) is 46.2 Å². The van der Waals surface area contributed by atoms with Crippen LogP contribution in [0.4, 0.5) is 0 Å². The highest BCUT2D eigenvalue weighted by molar-refractivity contribution is 7.99. The summed E-state index contributed by atoms with van der Waals surface area (Å²) in [6.07, 6.45) is 2.21. The van der Waals surface area contributed by atoms with Crippen LogP contribution >= 0.6 is 11.8 Å². The van der Waals surface area contributed by atoms with Crippen LogP contribution in [0.5, 0.6) is 5.75 Å². The van der Waals surface area contributed by atoms with Gasteiger partial charge in [0.1, 0.15) is 5.75 Å². The highest BCUT2D eigenvalue weighted by atomic mass is 32.2. The molecule has 2 rings (SSSR count). The Labute approximate surface area is 88.5 Å². The van der Waals surface area contributed by atoms with E-state index in [0.717, 1.165) is 25.1 Å². The van der Waals surface area contributed by atoms with Gasteiger partial charge in [0.05, 0.1) is 0 Å². The number of hydrogen-bond acceptors (Lipinski definition) is 3. The van der Waals surface area contributed by atoms with E-state index in [4.69, 9.17) is 5.73 Å². The van der Waals surface area contributed by atoms with Gasteiger partial charge in [-0.3, -0.25) is 0 Å². The van der Waals surface area contributed by atoms with Crippen molar-refractivity contribution >= 4 is 11.8 Å². The summed E-state index contributed by atoms with van der Waals surface area (Å²) in [5.74, 6) is 2.10. The van der Waals surface area contributed by atoms with E-state index in [9.17, 15) is 5.11 Å². The third-order valence-electron chi connectivity index (χ3n) is 2.63. The van der Waals surface area contributed by atoms with E-state index in [2.05, 4.69) is 0 Å². The Balaban J connectivity index is 2.16. The zero-order chi connectivity index (χ0) is 9.97. The van der Waals surface area contributed by atoms with Crippen LogP contribution in [0, 0.1) is 0 Å². The quantitative estimate of drug-likeness (QED) is 0.803. The predicted octanol–water partition coefficient (Wildman–Crippen LogP) is 2.32. The van der Waals surface area contributed by atoms with Crippen molar-refractivity contribution in [3.63, 3.8) is 0 Å². The van der Waals surface area contributed by atoms with Crippen molar-refractivity contribution < 1.29 is 5.11 Å². The fourth-order valence-electron chi connectivity index (χ4n) is 1.87. The monoisotopic (exact) mass is 209 g/mol. The molecule has 3 N–H and O–H groups in total. The minimum absolute atomic E-state index is 0.379. The van der Waals surface area contributed by atoms with Gasteiger partial charge < -0.3 is 10.8 Å². The van der Waals surface area contributed by atoms with Crippen molar-refractivity contribution in [3.05, 3.63) is 23.8 Å². The Kier molecular flexibility index (Phi) is 2.99. The lowest BCUT2D eigenvalue weighted by Gasteiger charge is -2.09. The Morgan fingerprint density at radius 1 is 1.50 bits per heavy atom. The van der Waals surface area contributed by atoms with E-state index in [1.54, 1.807) is 6.07 Å². The first-order chi connectivity index (χ1) is 6.81. The molecule has 0 amide bonds. The van der Waals surface area contributed by atoms with E-state index in [1.165, 1.54) is 10.5 Å². The molecule has 0 bridgehead atoms. The van der Waals surface area contributed by atoms with Crippen LogP contribution in [0.15, 0.2) is 23.1 Å². The third-order valence-corrected chi connectivity index (χ3v) is 3.88. The number of phenolic OH excluding ortho intramolecular Hbond substituents is 1. The van der Waals surface area contributed by atoms with Gasteiger partial charge >= 0.3 is 0 Å². The summed E-state index contributed by atoms with van der Waals surface area (Å²) < 4.78 is 0. The molecule has 2 nitrogen and oxygen atoms in total. The molecule has 14 heavy (non-hydrogen) atoms. The number of rotatable bonds is 3. The van der Waals surface area contributed by atoms with E-state index < -0.39 is 0 Å². The first kappa shape index (κ1) is 9.87. The Hall–Kier alpha value is -0.670. The van der Waals surface area contributed by atoms with Gasteiger partial charge in [-0.15, -0.1) is 11.8 Å². The number of nitrogens with two attached hydrogens (primary N) is 1. The van der Waals surface area contributed by atoms with Gasteiger partial charge in [-0.05, 0) is 49.1 Å². The van der Waals surface area contributed by atoms with E-state index in [-0.39, 0.29) is 0 Å². The maximum atomic E-state index is 9.41. The van der Waals surface area contributed by atoms with Gasteiger partial charge in [-0.25, -0.2) is 0 Å². The molecular formula is C11H15NOS. The first-order valence-corrected chi connectivity index (χ1v) is 5.95. The van der Waals surface area contributed by atoms with Crippen LogP contribution in [-0.2, 0) is 0 Å². The Bertz CT molecular complexity index is 327. The lowest BCUT2D eigenvalue weighted by molar-refractivity contribution is 0.473. The molecule has 1 aliphatic rings. The normalized spacial score (nSPS) is 19.6. The molecule has 0 fully saturated rings. The molecule has 0 aromatic heterocycles. The van der Waals surface area contributed by atoms with Crippen LogP contribution in [0.25, 0.3) is 0 Å². The summed E-state index contributed by atoms with van der Waals surface area (Å²) in [5.41, 5.74) is 6.81. The SMILES string of the molecule is NCCCC1CSc2ccc(O)cc21. The van der Waals surface area contributed by atoms with Crippen molar-refractivity contribution in [2.45, 2.75) is 23.7 Å². The molecule has 1 aromatic rings. The van der Waals surface area contributed by atoms with E-state index in [0.29, 0.717) is 11.7 Å². The largest absolute Gasteiger partial charge is 0.508 e. The number of aromatic hydroxyl groups is 1. The van der Waals surface area contributed by atoms with Gasteiger partial charge in [0.2, 0.25) is 0 Å². The summed E-state index contributed by atoms with van der Waals surface area (Å²) in [6, 6.07) is 5.67. The summed E-state index contributed by atoms with van der Waals surface area (Å²) in [7, 11) is 0. The van der Waals surface area contributed by atoms with Gasteiger partial charge in [-0.1, -0.05) is 0 Å². The number of phenols is 1. The second-order valence-electron chi connectivity index (χ2n) is 3.66. The van der Waals surface area contributed by atoms with Crippen LogP contribution < -0.4 is 5.73 Å². The average Bonchev–Trinajstić information content (AvgIpc) is 2.57. The summed E-state index contributed by atoms with van der Waals surface area (Å²) in [5, 5.41) is 9.41. The molecule has 1 aromatic carbocycles. The zero-order valence-corrected chi connectivity index (χ0v) is 8.89. The first-order valence-electron chi connectivity index (χ1n) is 4.97. The second-order valence-corrected chi connectivity index (χ2v) is 4.72. The minimum atomic E-state index is 0.379. The zero-order valence-electron chi connectivity index (χ0n) is 8.07. The van der Waals surface area contributed by atoms with Crippen molar-refractivity contribution in [2.24, 2.45) is 5.73 Å². The van der Waals surface area contributed by atoms with E-state index in [1.807, 2.05) is 23.9 Å². The van der Waals surface area contributed by atoms with Crippen LogP contribution in [0.2, 0.25) is 0 Å². The van der Waals surface area contributed by atoms with Crippen molar-refractivity contribution in [1.82, 2.24) is 0 Å². The molecule has 76 valence electrons. The lowest BCUT2D eigenvalue weighted by Crippen LogP contribution is -2.03. The van der Waals surface area contributed by atoms with Crippen molar-refractivity contribution in [2.75, 3.05) is 12.3 Å². The minimum Gasteiger partial charge on any atom is -0.508 e. The average molecular weight is 209 g/mol. The number of hydrogen-bond donors (Lipinski definition) is 2. The van der Waals surface area contributed by atoms with Crippen LogP contribution in [0.3, 0.4) is 0 Å². The molecule has 1 unspecified atom stereocenters. The predicted molar refractivity (Wildman–Crippen MR) is 59.9 cm³/mol. The number of thioether (sulfide) groups is 1. The molecule has 3 heteroatoms. The molecule has 1 heterocycles. The molecular weight excluding hydrogens is 194 g/mol. The Morgan fingerprint density at radius 3 is 3.14 bits per heavy atom. The maximum absolute atomic E-state index is 9.41. The van der Waals surface area contributed by atoms with Gasteiger partial charge in [0.15, 0.2) is 0 Å². The summed E-state index contributed by atoms with van der Waals surface area (Å²) in [6.45, 7) is 0.759. The molecule has 0 radical (unpaired) electrons. The molecule has 0 saturated carbocycles. The van der Waals surface area contributed by atoms with Crippen LogP contribution in [-0.4, -0.2) is 17.4 Å². The molecule has 0 spiro atoms. The molecule has 0 aliphatic carbocycles. The van der Waals surface area contributed by atoms with Crippen LogP contribution in [0.1, 0.15) is 24.3 Å². The summed E-state index contributed by atoms with van der Waals surface area (Å²) in [4.78, 5) is 1.32. The number of benzene rings is 1. The fraction of sp³-hybridized carbons (Fsp3) is 0.455. The maximum Gasteiger partial charge on any atom is 0.115 e. The van der Waals surface area contributed by atoms with Crippen molar-refractivity contribution in [1.29, 1.82) is 0 Å². The van der Waals surface area contributed by atoms with Gasteiger partial charge in [0.25, 0.3) is 0 Å². The van der Waals surface area contributed by atoms with Gasteiger partial charge in [0, 0.05) is 10.6 Å². The van der Waals surface area contributed by atoms with E-state index >= 15 is 0 Å². The summed E-state index contributed by atoms with van der Waals surface area (Å²) >= 11 is 1.88. The molecule has 1 atom stereocenters. The molecule has 1 aliphatic heterocycles. The molecule has 0 saturated heterocycles. The van der Waals surface area contributed by atoms with Gasteiger partial charge in [-0.2, -0.15) is 0 Å².